The van der Waals surface area contributed by atoms with Crippen LogP contribution in [0.25, 0.3) is 0 Å². The first kappa shape index (κ1) is 18.3. The Balaban J connectivity index is 1.95. The number of nitrogens with one attached hydrogen (secondary N) is 1. The summed E-state index contributed by atoms with van der Waals surface area (Å²) in [7, 11) is 0. The largest absolute Gasteiger partial charge is 0.374 e. The number of carbonyl (C=O) groups excluding carboxylic acids is 1. The zero-order valence-electron chi connectivity index (χ0n) is 13.7. The monoisotopic (exact) mass is 346 g/mol. The molecular formula is C16H24F2N2O2S. The molecule has 0 saturated heterocycles. The van der Waals surface area contributed by atoms with Crippen molar-refractivity contribution in [2.75, 3.05) is 18.5 Å². The van der Waals surface area contributed by atoms with Gasteiger partial charge in [0.2, 0.25) is 5.91 Å². The fraction of sp³-hybridized carbons (Fsp3) is 0.750. The minimum absolute atomic E-state index is 0.0474. The van der Waals surface area contributed by atoms with Gasteiger partial charge in [-0.3, -0.25) is 4.79 Å². The van der Waals surface area contributed by atoms with Gasteiger partial charge in [-0.05, 0) is 39.5 Å². The molecule has 4 nitrogen and oxygen atoms in total. The minimum Gasteiger partial charge on any atom is -0.374 e. The highest BCUT2D eigenvalue weighted by Gasteiger charge is 2.29. The van der Waals surface area contributed by atoms with E-state index in [2.05, 4.69) is 10.3 Å². The summed E-state index contributed by atoms with van der Waals surface area (Å²) in [5, 5.41) is 3.42. The molecule has 0 saturated carbocycles. The normalized spacial score (nSPS) is 15.9. The van der Waals surface area contributed by atoms with Crippen LogP contribution in [0.2, 0.25) is 0 Å². The van der Waals surface area contributed by atoms with Gasteiger partial charge in [-0.15, -0.1) is 11.3 Å². The quantitative estimate of drug-likeness (QED) is 0.845. The maximum Gasteiger partial charge on any atom is 0.261 e. The van der Waals surface area contributed by atoms with Crippen molar-refractivity contribution in [2.45, 2.75) is 58.8 Å². The van der Waals surface area contributed by atoms with Gasteiger partial charge in [-0.2, -0.15) is 0 Å². The van der Waals surface area contributed by atoms with E-state index in [0.717, 1.165) is 31.4 Å². The number of amides is 1. The number of alkyl halides is 2. The van der Waals surface area contributed by atoms with Crippen molar-refractivity contribution in [3.8, 4) is 0 Å². The summed E-state index contributed by atoms with van der Waals surface area (Å²) in [6.07, 6.45) is 4.23. The second-order valence-electron chi connectivity index (χ2n) is 6.55. The third-order valence-corrected chi connectivity index (χ3v) is 4.96. The summed E-state index contributed by atoms with van der Waals surface area (Å²) in [6, 6.07) is 0. The van der Waals surface area contributed by atoms with Crippen LogP contribution >= 0.6 is 11.3 Å². The minimum atomic E-state index is -2.52. The van der Waals surface area contributed by atoms with E-state index >= 15 is 0 Å². The number of carbonyl (C=O) groups is 1. The summed E-state index contributed by atoms with van der Waals surface area (Å²) < 4.78 is 29.1. The molecule has 7 heteroatoms. The van der Waals surface area contributed by atoms with E-state index < -0.39 is 18.4 Å². The fourth-order valence-corrected chi connectivity index (χ4v) is 3.54. The molecule has 1 heterocycles. The molecule has 1 aromatic rings. The molecule has 1 N–H and O–H groups in total. The van der Waals surface area contributed by atoms with E-state index in [1.165, 1.54) is 29.1 Å². The van der Waals surface area contributed by atoms with Crippen LogP contribution < -0.4 is 5.32 Å². The molecule has 0 radical (unpaired) electrons. The molecule has 1 aliphatic carbocycles. The number of thiazole rings is 1. The third-order valence-electron chi connectivity index (χ3n) is 3.89. The molecule has 130 valence electrons. The van der Waals surface area contributed by atoms with Crippen molar-refractivity contribution in [1.29, 1.82) is 0 Å². The SMILES string of the molecule is CC(C)(COCC(F)F)C(=O)Nc1nc2c(s1)CCCCCC2. The van der Waals surface area contributed by atoms with E-state index in [-0.39, 0.29) is 12.5 Å². The first-order chi connectivity index (χ1) is 10.9. The van der Waals surface area contributed by atoms with Crippen LogP contribution in [-0.4, -0.2) is 30.5 Å². The van der Waals surface area contributed by atoms with Crippen LogP contribution in [-0.2, 0) is 22.4 Å². The zero-order chi connectivity index (χ0) is 16.9. The lowest BCUT2D eigenvalue weighted by Gasteiger charge is -2.22. The zero-order valence-corrected chi connectivity index (χ0v) is 14.5. The van der Waals surface area contributed by atoms with E-state index in [4.69, 9.17) is 4.74 Å². The molecule has 0 bridgehead atoms. The van der Waals surface area contributed by atoms with Crippen LogP contribution in [0.5, 0.6) is 0 Å². The van der Waals surface area contributed by atoms with Crippen molar-refractivity contribution < 1.29 is 18.3 Å². The van der Waals surface area contributed by atoms with Crippen LogP contribution in [0, 0.1) is 5.41 Å². The number of aromatic nitrogens is 1. The smallest absolute Gasteiger partial charge is 0.261 e. The van der Waals surface area contributed by atoms with Gasteiger partial charge in [-0.1, -0.05) is 12.8 Å². The highest BCUT2D eigenvalue weighted by atomic mass is 32.1. The number of nitrogens with zero attached hydrogens (tertiary/aromatic N) is 1. The molecule has 0 aromatic carbocycles. The first-order valence-corrected chi connectivity index (χ1v) is 8.86. The molecule has 23 heavy (non-hydrogen) atoms. The molecule has 0 spiro atoms. The molecule has 1 aliphatic rings. The summed E-state index contributed by atoms with van der Waals surface area (Å²) in [6.45, 7) is 2.66. The predicted octanol–water partition coefficient (Wildman–Crippen LogP) is 4.05. The standard InChI is InChI=1S/C16H24F2N2O2S/c1-16(2,10-22-9-13(17)18)14(21)20-15-19-11-7-5-3-4-6-8-12(11)23-15/h13H,3-10H2,1-2H3,(H,19,20,21). The third kappa shape index (κ3) is 5.49. The van der Waals surface area contributed by atoms with Crippen molar-refractivity contribution >= 4 is 22.4 Å². The second-order valence-corrected chi connectivity index (χ2v) is 7.63. The Morgan fingerprint density at radius 1 is 1.30 bits per heavy atom. The summed E-state index contributed by atoms with van der Waals surface area (Å²) in [4.78, 5) is 18.1. The molecule has 1 aromatic heterocycles. The van der Waals surface area contributed by atoms with Gasteiger partial charge in [0.1, 0.15) is 6.61 Å². The van der Waals surface area contributed by atoms with Gasteiger partial charge in [-0.25, -0.2) is 13.8 Å². The Kier molecular flexibility index (Phi) is 6.47. The lowest BCUT2D eigenvalue weighted by molar-refractivity contribution is -0.128. The number of hydrogen-bond donors (Lipinski definition) is 1. The average molecular weight is 346 g/mol. The molecule has 0 atom stereocenters. The second kappa shape index (κ2) is 8.15. The van der Waals surface area contributed by atoms with E-state index in [0.29, 0.717) is 5.13 Å². The van der Waals surface area contributed by atoms with Crippen molar-refractivity contribution in [3.63, 3.8) is 0 Å². The van der Waals surface area contributed by atoms with Crippen LogP contribution in [0.15, 0.2) is 0 Å². The average Bonchev–Trinajstić information content (AvgIpc) is 2.79. The highest BCUT2D eigenvalue weighted by molar-refractivity contribution is 7.15. The van der Waals surface area contributed by atoms with Crippen LogP contribution in [0.4, 0.5) is 13.9 Å². The number of halogens is 2. The Bertz CT molecular complexity index is 507. The highest BCUT2D eigenvalue weighted by Crippen LogP contribution is 2.29. The maximum atomic E-state index is 12.3. The molecule has 0 fully saturated rings. The maximum absolute atomic E-state index is 12.3. The topological polar surface area (TPSA) is 51.2 Å². The van der Waals surface area contributed by atoms with Crippen molar-refractivity contribution in [2.24, 2.45) is 5.41 Å². The Morgan fingerprint density at radius 3 is 2.70 bits per heavy atom. The van der Waals surface area contributed by atoms with Gasteiger partial charge < -0.3 is 10.1 Å². The van der Waals surface area contributed by atoms with Gasteiger partial charge >= 0.3 is 0 Å². The number of rotatable bonds is 6. The van der Waals surface area contributed by atoms with E-state index in [9.17, 15) is 13.6 Å². The Labute approximate surface area is 139 Å². The van der Waals surface area contributed by atoms with Gasteiger partial charge in [0.15, 0.2) is 5.13 Å². The van der Waals surface area contributed by atoms with Crippen LogP contribution in [0.3, 0.4) is 0 Å². The molecule has 0 unspecified atom stereocenters. The van der Waals surface area contributed by atoms with E-state index in [1.807, 2.05) is 0 Å². The summed E-state index contributed by atoms with van der Waals surface area (Å²) in [5.41, 5.74) is 0.214. The lowest BCUT2D eigenvalue weighted by Crippen LogP contribution is -2.35. The Morgan fingerprint density at radius 2 is 2.00 bits per heavy atom. The number of hydrogen-bond acceptors (Lipinski definition) is 4. The molecule has 1 amide bonds. The molecule has 0 aliphatic heterocycles. The molecular weight excluding hydrogens is 322 g/mol. The van der Waals surface area contributed by atoms with Crippen molar-refractivity contribution in [3.05, 3.63) is 10.6 Å². The Hall–Kier alpha value is -1.08. The molecule has 2 rings (SSSR count). The lowest BCUT2D eigenvalue weighted by atomic mass is 9.94. The van der Waals surface area contributed by atoms with Crippen LogP contribution in [0.1, 0.15) is 50.1 Å². The van der Waals surface area contributed by atoms with E-state index in [1.54, 1.807) is 13.8 Å². The number of aryl methyl sites for hydroxylation is 2. The fourth-order valence-electron chi connectivity index (χ4n) is 2.49. The first-order valence-electron chi connectivity index (χ1n) is 8.04. The predicted molar refractivity (Wildman–Crippen MR) is 87.2 cm³/mol. The van der Waals surface area contributed by atoms with Gasteiger partial charge in [0.05, 0.1) is 17.7 Å². The number of fused-ring (bicyclic) bond motifs is 1. The number of ether oxygens (including phenoxy) is 1. The summed E-state index contributed by atoms with van der Waals surface area (Å²) in [5.74, 6) is -0.256. The van der Waals surface area contributed by atoms with Gasteiger partial charge in [0.25, 0.3) is 6.43 Å². The number of anilines is 1. The van der Waals surface area contributed by atoms with Gasteiger partial charge in [0, 0.05) is 4.88 Å². The summed E-state index contributed by atoms with van der Waals surface area (Å²) >= 11 is 1.53. The van der Waals surface area contributed by atoms with Crippen molar-refractivity contribution in [1.82, 2.24) is 4.98 Å².